The van der Waals surface area contributed by atoms with Crippen molar-refractivity contribution in [3.8, 4) is 11.5 Å². The molecule has 0 aromatic heterocycles. The zero-order valence-corrected chi connectivity index (χ0v) is 22.0. The molecule has 2 aromatic carbocycles. The lowest BCUT2D eigenvalue weighted by atomic mass is 10.1. The van der Waals surface area contributed by atoms with Gasteiger partial charge in [-0.05, 0) is 56.0 Å². The van der Waals surface area contributed by atoms with E-state index < -0.39 is 0 Å². The van der Waals surface area contributed by atoms with E-state index in [2.05, 4.69) is 6.07 Å². The molecule has 186 valence electrons. The van der Waals surface area contributed by atoms with Crippen LogP contribution in [-0.2, 0) is 20.9 Å². The topological polar surface area (TPSA) is 65.1 Å². The number of carbonyl (C=O) groups excluding carboxylic acids is 2. The number of thiocarbonyl (C=S) groups is 1. The van der Waals surface area contributed by atoms with Crippen molar-refractivity contribution in [2.45, 2.75) is 46.1 Å². The van der Waals surface area contributed by atoms with E-state index in [-0.39, 0.29) is 11.9 Å². The summed E-state index contributed by atoms with van der Waals surface area (Å²) in [6.45, 7) is 5.23. The Balaban J connectivity index is 1.57. The number of carbonyl (C=O) groups is 2. The second-order valence-electron chi connectivity index (χ2n) is 8.14. The molecule has 35 heavy (non-hydrogen) atoms. The molecule has 0 atom stereocenters. The number of thioether (sulfide) groups is 1. The lowest BCUT2D eigenvalue weighted by Gasteiger charge is -2.14. The molecule has 0 bridgehead atoms. The van der Waals surface area contributed by atoms with Crippen molar-refractivity contribution in [2.24, 2.45) is 0 Å². The summed E-state index contributed by atoms with van der Waals surface area (Å²) in [5.74, 6) is 0.970. The first-order valence-corrected chi connectivity index (χ1v) is 12.9. The SMILES string of the molecule is CCOC(=O)CCCCCN1C(=O)/C(=C\c2ccc(OCc3cccc(C)c3)c(OC)c2)SC1=S. The second-order valence-corrected chi connectivity index (χ2v) is 9.81. The Bertz CT molecular complexity index is 1100. The minimum absolute atomic E-state index is 0.0934. The van der Waals surface area contributed by atoms with Gasteiger partial charge in [0.25, 0.3) is 5.91 Å². The number of hydrogen-bond acceptors (Lipinski definition) is 7. The van der Waals surface area contributed by atoms with E-state index >= 15 is 0 Å². The molecule has 8 heteroatoms. The number of rotatable bonds is 12. The van der Waals surface area contributed by atoms with Gasteiger partial charge in [0.2, 0.25) is 0 Å². The highest BCUT2D eigenvalue weighted by molar-refractivity contribution is 8.26. The summed E-state index contributed by atoms with van der Waals surface area (Å²) in [5.41, 5.74) is 3.10. The Morgan fingerprint density at radius 1 is 1.11 bits per heavy atom. The van der Waals surface area contributed by atoms with Crippen molar-refractivity contribution in [3.63, 3.8) is 0 Å². The van der Waals surface area contributed by atoms with E-state index in [0.717, 1.165) is 30.4 Å². The van der Waals surface area contributed by atoms with E-state index in [9.17, 15) is 9.59 Å². The van der Waals surface area contributed by atoms with Crippen LogP contribution in [0.4, 0.5) is 0 Å². The molecule has 1 aliphatic heterocycles. The van der Waals surface area contributed by atoms with Crippen LogP contribution in [0.1, 0.15) is 49.3 Å². The summed E-state index contributed by atoms with van der Waals surface area (Å²) in [6.07, 6.45) is 4.57. The smallest absolute Gasteiger partial charge is 0.305 e. The van der Waals surface area contributed by atoms with Crippen LogP contribution >= 0.6 is 24.0 Å². The lowest BCUT2D eigenvalue weighted by Crippen LogP contribution is -2.29. The van der Waals surface area contributed by atoms with Gasteiger partial charge in [0.1, 0.15) is 10.9 Å². The fourth-order valence-electron chi connectivity index (χ4n) is 3.65. The van der Waals surface area contributed by atoms with Crippen molar-refractivity contribution in [2.75, 3.05) is 20.3 Å². The average Bonchev–Trinajstić information content (AvgIpc) is 3.10. The number of benzene rings is 2. The van der Waals surface area contributed by atoms with Gasteiger partial charge in [-0.1, -0.05) is 66.3 Å². The lowest BCUT2D eigenvalue weighted by molar-refractivity contribution is -0.143. The number of amides is 1. The number of nitrogens with zero attached hydrogens (tertiary/aromatic N) is 1. The van der Waals surface area contributed by atoms with Gasteiger partial charge in [-0.3, -0.25) is 14.5 Å². The Hall–Kier alpha value is -2.84. The fourth-order valence-corrected chi connectivity index (χ4v) is 4.96. The molecule has 1 amide bonds. The number of aryl methyl sites for hydroxylation is 1. The minimum atomic E-state index is -0.178. The predicted octanol–water partition coefficient (Wildman–Crippen LogP) is 5.91. The van der Waals surface area contributed by atoms with Crippen LogP contribution in [0.2, 0.25) is 0 Å². The van der Waals surface area contributed by atoms with Gasteiger partial charge in [-0.2, -0.15) is 0 Å². The monoisotopic (exact) mass is 513 g/mol. The van der Waals surface area contributed by atoms with Crippen molar-refractivity contribution in [1.29, 1.82) is 0 Å². The first-order valence-electron chi connectivity index (χ1n) is 11.7. The molecule has 0 N–H and O–H groups in total. The van der Waals surface area contributed by atoms with E-state index in [1.165, 1.54) is 17.3 Å². The van der Waals surface area contributed by atoms with Gasteiger partial charge in [-0.25, -0.2) is 0 Å². The molecule has 1 saturated heterocycles. The average molecular weight is 514 g/mol. The second kappa shape index (κ2) is 13.3. The number of methoxy groups -OCH3 is 1. The van der Waals surface area contributed by atoms with Gasteiger partial charge in [-0.15, -0.1) is 0 Å². The first-order chi connectivity index (χ1) is 16.9. The van der Waals surface area contributed by atoms with Crippen LogP contribution < -0.4 is 9.47 Å². The van der Waals surface area contributed by atoms with Gasteiger partial charge in [0.05, 0.1) is 18.6 Å². The molecule has 0 aliphatic carbocycles. The van der Waals surface area contributed by atoms with Crippen molar-refractivity contribution >= 4 is 46.3 Å². The standard InChI is InChI=1S/C27H31NO5S2/c1-4-32-25(29)11-6-5-7-14-28-26(30)24(35-27(28)34)17-20-12-13-22(23(16-20)31-3)33-18-21-10-8-9-19(2)15-21/h8-10,12-13,15-17H,4-7,11,14,18H2,1-3H3/b24-17+. The van der Waals surface area contributed by atoms with Crippen LogP contribution in [0.5, 0.6) is 11.5 Å². The van der Waals surface area contributed by atoms with Crippen LogP contribution in [0, 0.1) is 6.92 Å². The molecule has 2 aromatic rings. The van der Waals surface area contributed by atoms with Gasteiger partial charge < -0.3 is 14.2 Å². The zero-order chi connectivity index (χ0) is 25.2. The summed E-state index contributed by atoms with van der Waals surface area (Å²) < 4.78 is 17.0. The number of ether oxygens (including phenoxy) is 3. The normalized spacial score (nSPS) is 14.5. The highest BCUT2D eigenvalue weighted by Gasteiger charge is 2.31. The van der Waals surface area contributed by atoms with Crippen LogP contribution in [0.15, 0.2) is 47.4 Å². The maximum atomic E-state index is 12.9. The largest absolute Gasteiger partial charge is 0.493 e. The molecule has 1 aliphatic rings. The number of unbranched alkanes of at least 4 members (excludes halogenated alkanes) is 2. The summed E-state index contributed by atoms with van der Waals surface area (Å²) in [4.78, 5) is 26.5. The van der Waals surface area contributed by atoms with Gasteiger partial charge in [0.15, 0.2) is 11.5 Å². The number of esters is 1. The summed E-state index contributed by atoms with van der Waals surface area (Å²) >= 11 is 6.73. The third-order valence-corrected chi connectivity index (χ3v) is 6.78. The van der Waals surface area contributed by atoms with Gasteiger partial charge >= 0.3 is 5.97 Å². The maximum Gasteiger partial charge on any atom is 0.305 e. The highest BCUT2D eigenvalue weighted by atomic mass is 32.2. The molecule has 1 heterocycles. The van der Waals surface area contributed by atoms with Crippen molar-refractivity contribution in [1.82, 2.24) is 4.90 Å². The highest BCUT2D eigenvalue weighted by Crippen LogP contribution is 2.35. The molecule has 0 radical (unpaired) electrons. The third kappa shape index (κ3) is 7.83. The molecule has 1 fully saturated rings. The predicted molar refractivity (Wildman–Crippen MR) is 143 cm³/mol. The molecule has 0 unspecified atom stereocenters. The van der Waals surface area contributed by atoms with E-state index in [0.29, 0.717) is 46.9 Å². The third-order valence-electron chi connectivity index (χ3n) is 5.40. The number of hydrogen-bond donors (Lipinski definition) is 0. The van der Waals surface area contributed by atoms with E-state index in [4.69, 9.17) is 26.4 Å². The molecular weight excluding hydrogens is 482 g/mol. The zero-order valence-electron chi connectivity index (χ0n) is 20.4. The van der Waals surface area contributed by atoms with Crippen LogP contribution in [-0.4, -0.2) is 41.4 Å². The van der Waals surface area contributed by atoms with Crippen LogP contribution in [0.25, 0.3) is 6.08 Å². The quantitative estimate of drug-likeness (QED) is 0.151. The molecular formula is C27H31NO5S2. The van der Waals surface area contributed by atoms with Crippen molar-refractivity contribution in [3.05, 3.63) is 64.1 Å². The molecule has 3 rings (SSSR count). The summed E-state index contributed by atoms with van der Waals surface area (Å²) in [7, 11) is 1.60. The summed E-state index contributed by atoms with van der Waals surface area (Å²) in [5, 5.41) is 0. The fraction of sp³-hybridized carbons (Fsp3) is 0.370. The molecule has 6 nitrogen and oxygen atoms in total. The van der Waals surface area contributed by atoms with Crippen molar-refractivity contribution < 1.29 is 23.8 Å². The van der Waals surface area contributed by atoms with E-state index in [1.54, 1.807) is 18.9 Å². The van der Waals surface area contributed by atoms with Gasteiger partial charge in [0, 0.05) is 13.0 Å². The Morgan fingerprint density at radius 3 is 2.69 bits per heavy atom. The maximum absolute atomic E-state index is 12.9. The summed E-state index contributed by atoms with van der Waals surface area (Å²) in [6, 6.07) is 13.8. The Kier molecular flexibility index (Phi) is 10.2. The Morgan fingerprint density at radius 2 is 1.94 bits per heavy atom. The van der Waals surface area contributed by atoms with Crippen LogP contribution in [0.3, 0.4) is 0 Å². The first kappa shape index (κ1) is 26.8. The Labute approximate surface area is 216 Å². The minimum Gasteiger partial charge on any atom is -0.493 e. The molecule has 0 spiro atoms. The van der Waals surface area contributed by atoms with E-state index in [1.807, 2.05) is 49.4 Å². The molecule has 0 saturated carbocycles.